The van der Waals surface area contributed by atoms with Crippen molar-refractivity contribution in [3.63, 3.8) is 0 Å². The molecule has 1 aromatic rings. The van der Waals surface area contributed by atoms with Crippen LogP contribution in [0.15, 0.2) is 18.2 Å². The molecule has 2 rings (SSSR count). The second kappa shape index (κ2) is 13.6. The van der Waals surface area contributed by atoms with Crippen molar-refractivity contribution in [1.82, 2.24) is 10.2 Å². The Morgan fingerprint density at radius 2 is 1.63 bits per heavy atom. The number of hydrogen-bond acceptors (Lipinski definition) is 5. The summed E-state index contributed by atoms with van der Waals surface area (Å²) < 4.78 is 104. The fraction of sp³-hybridized carbons (Fsp3) is 0.680. The highest BCUT2D eigenvalue weighted by molar-refractivity contribution is 7.99. The lowest BCUT2D eigenvalue weighted by Crippen LogP contribution is -2.36. The van der Waals surface area contributed by atoms with Gasteiger partial charge in [-0.25, -0.2) is 4.79 Å². The van der Waals surface area contributed by atoms with Gasteiger partial charge in [-0.15, -0.1) is 0 Å². The number of nitrogens with one attached hydrogen (secondary N) is 1. The van der Waals surface area contributed by atoms with Crippen molar-refractivity contribution in [2.75, 3.05) is 24.6 Å². The van der Waals surface area contributed by atoms with E-state index < -0.39 is 64.1 Å². The van der Waals surface area contributed by atoms with Crippen molar-refractivity contribution in [1.29, 1.82) is 0 Å². The molecule has 1 aliphatic rings. The van der Waals surface area contributed by atoms with Crippen molar-refractivity contribution in [3.05, 3.63) is 39.4 Å². The molecule has 16 heteroatoms. The summed E-state index contributed by atoms with van der Waals surface area (Å²) in [4.78, 5) is 34.8. The molecule has 1 fully saturated rings. The highest BCUT2D eigenvalue weighted by Gasteiger charge is 2.56. The zero-order valence-corrected chi connectivity index (χ0v) is 23.2. The Hall–Kier alpha value is -2.65. The third kappa shape index (κ3) is 10.3. The SMILES string of the molecule is CC(C)(CCCSCCCC(F)(F)C(F)(F)F)CC(CCN1CC(=O)NC1=O)c1ccc([N+](=O)[O-])c(C(F)(F)F)c1. The van der Waals surface area contributed by atoms with Crippen LogP contribution in [-0.4, -0.2) is 58.5 Å². The van der Waals surface area contributed by atoms with E-state index in [1.165, 1.54) is 22.7 Å². The number of benzene rings is 1. The average molecular weight is 622 g/mol. The van der Waals surface area contributed by atoms with Crippen LogP contribution in [0.25, 0.3) is 0 Å². The number of carbonyl (C=O) groups excluding carboxylic acids is 2. The monoisotopic (exact) mass is 621 g/mol. The zero-order valence-electron chi connectivity index (χ0n) is 22.3. The summed E-state index contributed by atoms with van der Waals surface area (Å²) in [6.07, 6.45) is -10.6. The summed E-state index contributed by atoms with van der Waals surface area (Å²) in [7, 11) is 0. The number of hydrogen-bond donors (Lipinski definition) is 1. The maximum Gasteiger partial charge on any atom is 0.453 e. The molecule has 1 aromatic carbocycles. The fourth-order valence-electron chi connectivity index (χ4n) is 4.62. The summed E-state index contributed by atoms with van der Waals surface area (Å²) in [5.74, 6) is -5.25. The molecule has 1 atom stereocenters. The standard InChI is InChI=1S/C25H31F8N3O4S/c1-22(2,8-3-11-41-12-4-9-23(26,27)25(31,32)33)14-17(7-10-35-15-20(37)34-21(35)38)16-5-6-19(36(39)40)18(13-16)24(28,29)30/h5-6,13,17H,3-4,7-12,14-15H2,1-2H3,(H,34,37,38). The molecule has 0 aliphatic carbocycles. The van der Waals surface area contributed by atoms with Gasteiger partial charge in [-0.3, -0.25) is 20.2 Å². The third-order valence-corrected chi connectivity index (χ3v) is 7.90. The predicted molar refractivity (Wildman–Crippen MR) is 136 cm³/mol. The molecule has 7 nitrogen and oxygen atoms in total. The largest absolute Gasteiger partial charge is 0.453 e. The first-order valence-corrected chi connectivity index (χ1v) is 13.9. The lowest BCUT2D eigenvalue weighted by molar-refractivity contribution is -0.388. The fourth-order valence-corrected chi connectivity index (χ4v) is 5.52. The van der Waals surface area contributed by atoms with Crippen LogP contribution >= 0.6 is 11.8 Å². The smallest absolute Gasteiger partial charge is 0.315 e. The number of halogens is 8. The van der Waals surface area contributed by atoms with E-state index in [1.54, 1.807) is 0 Å². The summed E-state index contributed by atoms with van der Waals surface area (Å²) in [5.41, 5.74) is -2.79. The Kier molecular flexibility index (Phi) is 11.4. The van der Waals surface area contributed by atoms with E-state index >= 15 is 0 Å². The molecule has 0 saturated carbocycles. The Labute approximate surface area is 235 Å². The van der Waals surface area contributed by atoms with Gasteiger partial charge in [-0.1, -0.05) is 19.9 Å². The number of rotatable bonds is 15. The summed E-state index contributed by atoms with van der Waals surface area (Å²) in [5, 5.41) is 13.3. The van der Waals surface area contributed by atoms with Crippen molar-refractivity contribution in [2.24, 2.45) is 5.41 Å². The van der Waals surface area contributed by atoms with E-state index in [-0.39, 0.29) is 37.2 Å². The minimum Gasteiger partial charge on any atom is -0.315 e. The van der Waals surface area contributed by atoms with Gasteiger partial charge in [-0.05, 0) is 66.6 Å². The van der Waals surface area contributed by atoms with E-state index in [4.69, 9.17) is 0 Å². The molecule has 41 heavy (non-hydrogen) atoms. The third-order valence-electron chi connectivity index (χ3n) is 6.75. The number of amides is 3. The molecule has 0 spiro atoms. The van der Waals surface area contributed by atoms with Gasteiger partial charge < -0.3 is 4.90 Å². The number of alkyl halides is 8. The number of urea groups is 1. The van der Waals surface area contributed by atoms with E-state index in [1.807, 2.05) is 13.8 Å². The zero-order chi connectivity index (χ0) is 31.2. The number of nitro benzene ring substituents is 1. The number of nitrogens with zero attached hydrogens (tertiary/aromatic N) is 2. The first-order valence-electron chi connectivity index (χ1n) is 12.7. The summed E-state index contributed by atoms with van der Waals surface area (Å²) >= 11 is 1.22. The van der Waals surface area contributed by atoms with Crippen molar-refractivity contribution >= 4 is 29.4 Å². The van der Waals surface area contributed by atoms with Crippen molar-refractivity contribution in [2.45, 2.75) is 76.6 Å². The van der Waals surface area contributed by atoms with Gasteiger partial charge in [0.25, 0.3) is 5.69 Å². The molecule has 1 heterocycles. The molecule has 1 N–H and O–H groups in total. The van der Waals surface area contributed by atoms with Gasteiger partial charge >= 0.3 is 24.3 Å². The Balaban J connectivity index is 2.07. The van der Waals surface area contributed by atoms with E-state index in [0.29, 0.717) is 25.0 Å². The topological polar surface area (TPSA) is 92.6 Å². The number of imide groups is 1. The second-order valence-electron chi connectivity index (χ2n) is 10.7. The molecule has 0 aromatic heterocycles. The summed E-state index contributed by atoms with van der Waals surface area (Å²) in [6.45, 7) is 3.57. The molecular weight excluding hydrogens is 590 g/mol. The van der Waals surface area contributed by atoms with Gasteiger partial charge in [0.15, 0.2) is 0 Å². The highest BCUT2D eigenvalue weighted by atomic mass is 32.2. The lowest BCUT2D eigenvalue weighted by atomic mass is 9.75. The first-order chi connectivity index (χ1) is 18.7. The van der Waals surface area contributed by atoms with Gasteiger partial charge in [-0.2, -0.15) is 46.9 Å². The first kappa shape index (κ1) is 34.6. The number of carbonyl (C=O) groups is 2. The number of thioether (sulfide) groups is 1. The van der Waals surface area contributed by atoms with Crippen LogP contribution in [0.5, 0.6) is 0 Å². The molecule has 232 valence electrons. The summed E-state index contributed by atoms with van der Waals surface area (Å²) in [6, 6.07) is 2.15. The van der Waals surface area contributed by atoms with Crippen LogP contribution in [0.1, 0.15) is 69.4 Å². The minimum atomic E-state index is -5.59. The lowest BCUT2D eigenvalue weighted by Gasteiger charge is -2.31. The number of nitro groups is 1. The van der Waals surface area contributed by atoms with Crippen LogP contribution in [0.4, 0.5) is 45.6 Å². The molecule has 1 unspecified atom stereocenters. The molecule has 1 saturated heterocycles. The van der Waals surface area contributed by atoms with Crippen LogP contribution in [0.2, 0.25) is 0 Å². The maximum atomic E-state index is 13.6. The van der Waals surface area contributed by atoms with E-state index in [9.17, 15) is 54.8 Å². The van der Waals surface area contributed by atoms with Crippen molar-refractivity contribution in [3.8, 4) is 0 Å². The Morgan fingerprint density at radius 1 is 1.02 bits per heavy atom. The van der Waals surface area contributed by atoms with Gasteiger partial charge in [0.2, 0.25) is 5.91 Å². The van der Waals surface area contributed by atoms with Crippen LogP contribution in [-0.2, 0) is 11.0 Å². The minimum absolute atomic E-state index is 0.0507. The van der Waals surface area contributed by atoms with E-state index in [2.05, 4.69) is 5.32 Å². The molecule has 3 amide bonds. The van der Waals surface area contributed by atoms with Crippen LogP contribution in [0, 0.1) is 15.5 Å². The molecule has 1 aliphatic heterocycles. The molecule has 0 bridgehead atoms. The van der Waals surface area contributed by atoms with E-state index in [0.717, 1.165) is 12.1 Å². The van der Waals surface area contributed by atoms with Gasteiger partial charge in [0.05, 0.1) is 4.92 Å². The van der Waals surface area contributed by atoms with Gasteiger partial charge in [0.1, 0.15) is 12.1 Å². The predicted octanol–water partition coefficient (Wildman–Crippen LogP) is 7.55. The quantitative estimate of drug-likeness (QED) is 0.0718. The van der Waals surface area contributed by atoms with Gasteiger partial charge in [0, 0.05) is 19.0 Å². The maximum absolute atomic E-state index is 13.6. The normalized spacial score (nSPS) is 15.8. The van der Waals surface area contributed by atoms with Crippen LogP contribution in [0.3, 0.4) is 0 Å². The Bertz CT molecular complexity index is 1100. The highest BCUT2D eigenvalue weighted by Crippen LogP contribution is 2.42. The van der Waals surface area contributed by atoms with Crippen LogP contribution < -0.4 is 5.32 Å². The Morgan fingerprint density at radius 3 is 2.15 bits per heavy atom. The van der Waals surface area contributed by atoms with Crippen molar-refractivity contribution < 1.29 is 49.6 Å². The molecular formula is C25H31F8N3O4S. The average Bonchev–Trinajstić information content (AvgIpc) is 3.15. The second-order valence-corrected chi connectivity index (χ2v) is 11.9. The molecule has 0 radical (unpaired) electrons.